The number of hydrogen-bond acceptors (Lipinski definition) is 6. The number of cyclic esters (lactones) is 1. The SMILES string of the molecule is C[C@H]1CC(C)(C)C[C@]2(C1)NC(=O)N(CC(=O)O[C@@H]1CCOC1=O)C2=O. The number of urea groups is 1. The summed E-state index contributed by atoms with van der Waals surface area (Å²) >= 11 is 0. The monoisotopic (exact) mass is 352 g/mol. The molecule has 3 rings (SSSR count). The van der Waals surface area contributed by atoms with Crippen molar-refractivity contribution in [2.75, 3.05) is 13.2 Å². The van der Waals surface area contributed by atoms with Crippen molar-refractivity contribution in [3.05, 3.63) is 0 Å². The predicted octanol–water partition coefficient (Wildman–Crippen LogP) is 0.982. The number of ether oxygens (including phenoxy) is 2. The lowest BCUT2D eigenvalue weighted by atomic mass is 9.64. The quantitative estimate of drug-likeness (QED) is 0.600. The molecule has 0 unspecified atom stereocenters. The first kappa shape index (κ1) is 17.7. The Kier molecular flexibility index (Phi) is 4.25. The second kappa shape index (κ2) is 6.00. The molecule has 2 saturated heterocycles. The van der Waals surface area contributed by atoms with Crippen molar-refractivity contribution in [3.63, 3.8) is 0 Å². The molecule has 3 fully saturated rings. The fraction of sp³-hybridized carbons (Fsp3) is 0.765. The van der Waals surface area contributed by atoms with Crippen LogP contribution in [-0.2, 0) is 23.9 Å². The Morgan fingerprint density at radius 2 is 2.04 bits per heavy atom. The summed E-state index contributed by atoms with van der Waals surface area (Å²) in [5, 5.41) is 2.80. The van der Waals surface area contributed by atoms with E-state index in [0.717, 1.165) is 11.3 Å². The number of hydrogen-bond donors (Lipinski definition) is 1. The molecule has 8 heteroatoms. The highest BCUT2D eigenvalue weighted by Gasteiger charge is 2.56. The van der Waals surface area contributed by atoms with Crippen molar-refractivity contribution in [2.45, 2.75) is 58.1 Å². The summed E-state index contributed by atoms with van der Waals surface area (Å²) in [5.74, 6) is -1.48. The molecule has 0 aromatic carbocycles. The number of rotatable bonds is 3. The third-order valence-electron chi connectivity index (χ3n) is 5.07. The summed E-state index contributed by atoms with van der Waals surface area (Å²) in [4.78, 5) is 49.5. The molecule has 0 radical (unpaired) electrons. The fourth-order valence-electron chi connectivity index (χ4n) is 4.56. The molecule has 0 aromatic heterocycles. The normalized spacial score (nSPS) is 34.2. The molecule has 1 N–H and O–H groups in total. The van der Waals surface area contributed by atoms with E-state index in [4.69, 9.17) is 9.47 Å². The van der Waals surface area contributed by atoms with Crippen molar-refractivity contribution in [3.8, 4) is 0 Å². The Balaban J connectivity index is 1.69. The van der Waals surface area contributed by atoms with E-state index in [1.165, 1.54) is 0 Å². The second-order valence-electron chi connectivity index (χ2n) is 8.19. The van der Waals surface area contributed by atoms with Crippen LogP contribution >= 0.6 is 0 Å². The first-order valence-electron chi connectivity index (χ1n) is 8.62. The maximum absolute atomic E-state index is 12.9. The predicted molar refractivity (Wildman–Crippen MR) is 85.2 cm³/mol. The maximum Gasteiger partial charge on any atom is 0.347 e. The molecule has 1 aliphatic carbocycles. The second-order valence-corrected chi connectivity index (χ2v) is 8.19. The van der Waals surface area contributed by atoms with Crippen LogP contribution in [0.1, 0.15) is 46.5 Å². The highest BCUT2D eigenvalue weighted by molar-refractivity contribution is 6.08. The maximum atomic E-state index is 12.9. The number of imide groups is 1. The summed E-state index contributed by atoms with van der Waals surface area (Å²) < 4.78 is 9.76. The molecular weight excluding hydrogens is 328 g/mol. The lowest BCUT2D eigenvalue weighted by Gasteiger charge is -2.43. The summed E-state index contributed by atoms with van der Waals surface area (Å²) in [5.41, 5.74) is -1.03. The number of esters is 2. The van der Waals surface area contributed by atoms with Gasteiger partial charge in [-0.2, -0.15) is 0 Å². The standard InChI is InChI=1S/C17H24N2O6/c1-10-6-16(2,3)9-17(7-10)14(22)19(15(23)18-17)8-12(20)25-11-4-5-24-13(11)21/h10-11H,4-9H2,1-3H3,(H,18,23)/t10-,11+,17-/m0/s1. The van der Waals surface area contributed by atoms with Crippen LogP contribution in [0.25, 0.3) is 0 Å². The van der Waals surface area contributed by atoms with Crippen LogP contribution < -0.4 is 5.32 Å². The zero-order valence-electron chi connectivity index (χ0n) is 14.8. The fourth-order valence-corrected chi connectivity index (χ4v) is 4.56. The van der Waals surface area contributed by atoms with Gasteiger partial charge in [-0.3, -0.25) is 14.5 Å². The van der Waals surface area contributed by atoms with Crippen LogP contribution in [0.5, 0.6) is 0 Å². The molecule has 0 aromatic rings. The Bertz CT molecular complexity index is 631. The number of nitrogens with one attached hydrogen (secondary N) is 1. The zero-order valence-corrected chi connectivity index (χ0v) is 14.8. The van der Waals surface area contributed by atoms with Crippen molar-refractivity contribution in [1.29, 1.82) is 0 Å². The summed E-state index contributed by atoms with van der Waals surface area (Å²) in [7, 11) is 0. The number of amides is 3. The van der Waals surface area contributed by atoms with Gasteiger partial charge in [0.05, 0.1) is 6.61 Å². The van der Waals surface area contributed by atoms with Crippen molar-refractivity contribution >= 4 is 23.9 Å². The van der Waals surface area contributed by atoms with Gasteiger partial charge in [0.15, 0.2) is 0 Å². The van der Waals surface area contributed by atoms with E-state index in [1.807, 2.05) is 0 Å². The molecule has 8 nitrogen and oxygen atoms in total. The van der Waals surface area contributed by atoms with Crippen molar-refractivity contribution in [1.82, 2.24) is 10.2 Å². The van der Waals surface area contributed by atoms with Gasteiger partial charge >= 0.3 is 18.0 Å². The van der Waals surface area contributed by atoms with Gasteiger partial charge < -0.3 is 14.8 Å². The van der Waals surface area contributed by atoms with E-state index < -0.39 is 36.2 Å². The first-order valence-corrected chi connectivity index (χ1v) is 8.62. The Labute approximate surface area is 146 Å². The average Bonchev–Trinajstić information content (AvgIpc) is 2.94. The number of carbonyl (C=O) groups is 4. The van der Waals surface area contributed by atoms with Crippen LogP contribution in [-0.4, -0.2) is 53.6 Å². The molecule has 2 heterocycles. The van der Waals surface area contributed by atoms with Crippen LogP contribution in [0.4, 0.5) is 4.79 Å². The largest absolute Gasteiger partial charge is 0.463 e. The highest BCUT2D eigenvalue weighted by atomic mass is 16.6. The lowest BCUT2D eigenvalue weighted by Crippen LogP contribution is -2.54. The van der Waals surface area contributed by atoms with Gasteiger partial charge in [-0.05, 0) is 30.6 Å². The average molecular weight is 352 g/mol. The van der Waals surface area contributed by atoms with Gasteiger partial charge in [-0.25, -0.2) is 9.59 Å². The van der Waals surface area contributed by atoms with Crippen molar-refractivity contribution in [2.24, 2.45) is 11.3 Å². The molecule has 1 saturated carbocycles. The van der Waals surface area contributed by atoms with E-state index >= 15 is 0 Å². The van der Waals surface area contributed by atoms with E-state index in [-0.39, 0.29) is 23.8 Å². The van der Waals surface area contributed by atoms with Gasteiger partial charge in [0.25, 0.3) is 5.91 Å². The number of nitrogens with zero attached hydrogens (tertiary/aromatic N) is 1. The minimum absolute atomic E-state index is 0.0786. The molecular formula is C17H24N2O6. The van der Waals surface area contributed by atoms with Gasteiger partial charge in [-0.1, -0.05) is 20.8 Å². The minimum atomic E-state index is -0.954. The zero-order chi connectivity index (χ0) is 18.4. The van der Waals surface area contributed by atoms with E-state index in [9.17, 15) is 19.2 Å². The Hall–Kier alpha value is -2.12. The number of carbonyl (C=O) groups excluding carboxylic acids is 4. The molecule has 1 spiro atoms. The molecule has 3 amide bonds. The molecule has 2 aliphatic heterocycles. The lowest BCUT2D eigenvalue weighted by molar-refractivity contribution is -0.161. The van der Waals surface area contributed by atoms with Crippen LogP contribution in [0.15, 0.2) is 0 Å². The van der Waals surface area contributed by atoms with Crippen LogP contribution in [0.3, 0.4) is 0 Å². The molecule has 3 aliphatic rings. The van der Waals surface area contributed by atoms with Crippen LogP contribution in [0.2, 0.25) is 0 Å². The van der Waals surface area contributed by atoms with Gasteiger partial charge in [0.1, 0.15) is 12.1 Å². The third-order valence-corrected chi connectivity index (χ3v) is 5.07. The van der Waals surface area contributed by atoms with Gasteiger partial charge in [0, 0.05) is 6.42 Å². The smallest absolute Gasteiger partial charge is 0.347 e. The Morgan fingerprint density at radius 3 is 2.64 bits per heavy atom. The molecule has 0 bridgehead atoms. The van der Waals surface area contributed by atoms with Crippen LogP contribution in [0, 0.1) is 11.3 Å². The Morgan fingerprint density at radius 1 is 1.32 bits per heavy atom. The highest BCUT2D eigenvalue weighted by Crippen LogP contribution is 2.46. The van der Waals surface area contributed by atoms with Crippen molar-refractivity contribution < 1.29 is 28.7 Å². The topological polar surface area (TPSA) is 102 Å². The summed E-state index contributed by atoms with van der Waals surface area (Å²) in [6, 6.07) is -0.583. The molecule has 138 valence electrons. The van der Waals surface area contributed by atoms with Gasteiger partial charge in [-0.15, -0.1) is 0 Å². The summed E-state index contributed by atoms with van der Waals surface area (Å²) in [6.45, 7) is 5.92. The molecule has 25 heavy (non-hydrogen) atoms. The van der Waals surface area contributed by atoms with E-state index in [0.29, 0.717) is 19.3 Å². The third kappa shape index (κ3) is 3.34. The van der Waals surface area contributed by atoms with E-state index in [2.05, 4.69) is 26.1 Å². The molecule has 3 atom stereocenters. The first-order chi connectivity index (χ1) is 11.6. The van der Waals surface area contributed by atoms with Gasteiger partial charge in [0.2, 0.25) is 6.10 Å². The van der Waals surface area contributed by atoms with E-state index in [1.54, 1.807) is 0 Å². The summed E-state index contributed by atoms with van der Waals surface area (Å²) in [6.07, 6.45) is 1.41. The minimum Gasteiger partial charge on any atom is -0.463 e.